The summed E-state index contributed by atoms with van der Waals surface area (Å²) in [6, 6.07) is 0.221. The Bertz CT molecular complexity index is 340. The molecule has 0 aromatic carbocycles. The third-order valence-corrected chi connectivity index (χ3v) is 5.15. The molecule has 1 saturated carbocycles. The van der Waals surface area contributed by atoms with E-state index in [0.717, 1.165) is 37.9 Å². The van der Waals surface area contributed by atoms with Crippen LogP contribution in [0.3, 0.4) is 0 Å². The summed E-state index contributed by atoms with van der Waals surface area (Å²) < 4.78 is 0. The van der Waals surface area contributed by atoms with E-state index in [4.69, 9.17) is 5.11 Å². The van der Waals surface area contributed by atoms with E-state index in [1.54, 1.807) is 16.7 Å². The molecule has 0 heterocycles. The van der Waals surface area contributed by atoms with E-state index in [9.17, 15) is 9.59 Å². The molecule has 1 aliphatic carbocycles. The van der Waals surface area contributed by atoms with Crippen molar-refractivity contribution in [2.45, 2.75) is 57.9 Å². The van der Waals surface area contributed by atoms with Crippen LogP contribution in [0.5, 0.6) is 0 Å². The lowest BCUT2D eigenvalue weighted by Gasteiger charge is -2.31. The third kappa shape index (κ3) is 5.00. The van der Waals surface area contributed by atoms with Gasteiger partial charge in [-0.3, -0.25) is 9.59 Å². The smallest absolute Gasteiger partial charge is 0.303 e. The van der Waals surface area contributed by atoms with E-state index >= 15 is 0 Å². The van der Waals surface area contributed by atoms with Crippen molar-refractivity contribution in [1.82, 2.24) is 4.90 Å². The molecule has 0 saturated heterocycles. The lowest BCUT2D eigenvalue weighted by Crippen LogP contribution is -2.39. The zero-order valence-corrected chi connectivity index (χ0v) is 13.7. The van der Waals surface area contributed by atoms with E-state index < -0.39 is 5.97 Å². The average Bonchev–Trinajstić information content (AvgIpc) is 2.82. The molecule has 4 nitrogen and oxygen atoms in total. The van der Waals surface area contributed by atoms with Crippen LogP contribution < -0.4 is 0 Å². The Morgan fingerprint density at radius 2 is 1.90 bits per heavy atom. The first kappa shape index (κ1) is 17.3. The fraction of sp³-hybridized carbons (Fsp3) is 0.867. The second kappa shape index (κ2) is 7.91. The Kier molecular flexibility index (Phi) is 6.86. The summed E-state index contributed by atoms with van der Waals surface area (Å²) in [6.07, 6.45) is 7.41. The number of carbonyl (C=O) groups excluding carboxylic acids is 1. The second-order valence-corrected chi connectivity index (χ2v) is 7.08. The van der Waals surface area contributed by atoms with Gasteiger partial charge >= 0.3 is 5.97 Å². The number of carbonyl (C=O) groups is 2. The molecule has 20 heavy (non-hydrogen) atoms. The van der Waals surface area contributed by atoms with Crippen LogP contribution in [0.15, 0.2) is 0 Å². The molecule has 0 radical (unpaired) electrons. The van der Waals surface area contributed by atoms with Crippen molar-refractivity contribution in [1.29, 1.82) is 0 Å². The standard InChI is InChI=1S/C15H27NO3S/c1-12(6-9-20-3)16(2)13(17)10-15(11-14(18)19)7-4-5-8-15/h12H,4-11H2,1-3H3,(H,18,19). The van der Waals surface area contributed by atoms with Crippen LogP contribution in [0.4, 0.5) is 0 Å². The van der Waals surface area contributed by atoms with Crippen LogP contribution in [-0.4, -0.2) is 47.0 Å². The van der Waals surface area contributed by atoms with E-state index in [2.05, 4.69) is 13.2 Å². The first-order valence-corrected chi connectivity index (χ1v) is 8.76. The Morgan fingerprint density at radius 1 is 1.30 bits per heavy atom. The van der Waals surface area contributed by atoms with Gasteiger partial charge in [0.25, 0.3) is 0 Å². The van der Waals surface area contributed by atoms with Crippen LogP contribution in [0.2, 0.25) is 0 Å². The largest absolute Gasteiger partial charge is 0.481 e. The maximum atomic E-state index is 12.4. The predicted octanol–water partition coefficient (Wildman–Crippen LogP) is 3.01. The van der Waals surface area contributed by atoms with Crippen molar-refractivity contribution >= 4 is 23.6 Å². The minimum Gasteiger partial charge on any atom is -0.481 e. The summed E-state index contributed by atoms with van der Waals surface area (Å²) in [6.45, 7) is 2.06. The molecule has 0 aromatic rings. The number of hydrogen-bond donors (Lipinski definition) is 1. The van der Waals surface area contributed by atoms with Gasteiger partial charge in [0.1, 0.15) is 0 Å². The van der Waals surface area contributed by atoms with Crippen molar-refractivity contribution < 1.29 is 14.7 Å². The highest BCUT2D eigenvalue weighted by Crippen LogP contribution is 2.44. The van der Waals surface area contributed by atoms with Crippen LogP contribution in [0.25, 0.3) is 0 Å². The van der Waals surface area contributed by atoms with Gasteiger partial charge in [0.2, 0.25) is 5.91 Å². The molecule has 0 spiro atoms. The Balaban J connectivity index is 2.59. The van der Waals surface area contributed by atoms with Crippen LogP contribution in [0, 0.1) is 5.41 Å². The molecule has 1 fully saturated rings. The van der Waals surface area contributed by atoms with Gasteiger partial charge in [-0.1, -0.05) is 12.8 Å². The first-order valence-electron chi connectivity index (χ1n) is 7.36. The average molecular weight is 301 g/mol. The molecule has 1 unspecified atom stereocenters. The van der Waals surface area contributed by atoms with E-state index in [1.165, 1.54) is 0 Å². The van der Waals surface area contributed by atoms with E-state index in [0.29, 0.717) is 6.42 Å². The van der Waals surface area contributed by atoms with Crippen LogP contribution in [0.1, 0.15) is 51.9 Å². The van der Waals surface area contributed by atoms with Gasteiger partial charge in [-0.15, -0.1) is 0 Å². The summed E-state index contributed by atoms with van der Waals surface area (Å²) in [7, 11) is 1.84. The van der Waals surface area contributed by atoms with Gasteiger partial charge < -0.3 is 10.0 Å². The van der Waals surface area contributed by atoms with Crippen molar-refractivity contribution in [2.24, 2.45) is 5.41 Å². The third-order valence-electron chi connectivity index (χ3n) is 4.51. The predicted molar refractivity (Wildman–Crippen MR) is 83.0 cm³/mol. The number of nitrogens with zero attached hydrogens (tertiary/aromatic N) is 1. The SMILES string of the molecule is CSCCC(C)N(C)C(=O)CC1(CC(=O)O)CCCC1. The lowest BCUT2D eigenvalue weighted by atomic mass is 9.79. The Morgan fingerprint density at radius 3 is 2.40 bits per heavy atom. The topological polar surface area (TPSA) is 57.6 Å². The zero-order chi connectivity index (χ0) is 15.2. The molecule has 0 aromatic heterocycles. The fourth-order valence-electron chi connectivity index (χ4n) is 3.04. The number of carboxylic acids is 1. The van der Waals surface area contributed by atoms with E-state index in [1.807, 2.05) is 7.05 Å². The summed E-state index contributed by atoms with van der Waals surface area (Å²) in [5.41, 5.74) is -0.295. The van der Waals surface area contributed by atoms with Gasteiger partial charge in [-0.2, -0.15) is 11.8 Å². The maximum absolute atomic E-state index is 12.4. The second-order valence-electron chi connectivity index (χ2n) is 6.09. The number of carboxylic acid groups (broad SMARTS) is 1. The van der Waals surface area contributed by atoms with Crippen LogP contribution >= 0.6 is 11.8 Å². The highest BCUT2D eigenvalue weighted by Gasteiger charge is 2.38. The van der Waals surface area contributed by atoms with Crippen molar-refractivity contribution in [2.75, 3.05) is 19.1 Å². The molecule has 1 atom stereocenters. The number of aliphatic carboxylic acids is 1. The monoisotopic (exact) mass is 301 g/mol. The molecule has 1 amide bonds. The minimum absolute atomic E-state index is 0.0988. The summed E-state index contributed by atoms with van der Waals surface area (Å²) >= 11 is 1.78. The molecule has 0 aliphatic heterocycles. The molecular weight excluding hydrogens is 274 g/mol. The molecule has 1 aliphatic rings. The highest BCUT2D eigenvalue weighted by molar-refractivity contribution is 7.98. The van der Waals surface area contributed by atoms with E-state index in [-0.39, 0.29) is 23.8 Å². The van der Waals surface area contributed by atoms with Gasteiger partial charge in [-0.25, -0.2) is 0 Å². The van der Waals surface area contributed by atoms with Gasteiger partial charge in [0.05, 0.1) is 6.42 Å². The quantitative estimate of drug-likeness (QED) is 0.748. The number of thioether (sulfide) groups is 1. The molecule has 5 heteroatoms. The first-order chi connectivity index (χ1) is 9.40. The Labute approximate surface area is 126 Å². The van der Waals surface area contributed by atoms with Crippen molar-refractivity contribution in [3.05, 3.63) is 0 Å². The van der Waals surface area contributed by atoms with Gasteiger partial charge in [0, 0.05) is 19.5 Å². The van der Waals surface area contributed by atoms with Gasteiger partial charge in [0.15, 0.2) is 0 Å². The molecular formula is C15H27NO3S. The number of hydrogen-bond acceptors (Lipinski definition) is 3. The summed E-state index contributed by atoms with van der Waals surface area (Å²) in [5.74, 6) is 0.360. The summed E-state index contributed by atoms with van der Waals surface area (Å²) in [4.78, 5) is 25.3. The number of amides is 1. The molecule has 1 rings (SSSR count). The summed E-state index contributed by atoms with van der Waals surface area (Å²) in [5, 5.41) is 9.09. The fourth-order valence-corrected chi connectivity index (χ4v) is 3.61. The maximum Gasteiger partial charge on any atom is 0.303 e. The lowest BCUT2D eigenvalue weighted by molar-refractivity contribution is -0.141. The highest BCUT2D eigenvalue weighted by atomic mass is 32.2. The molecule has 0 bridgehead atoms. The van der Waals surface area contributed by atoms with Crippen molar-refractivity contribution in [3.63, 3.8) is 0 Å². The zero-order valence-electron chi connectivity index (χ0n) is 12.9. The van der Waals surface area contributed by atoms with Crippen LogP contribution in [-0.2, 0) is 9.59 Å². The number of rotatable bonds is 8. The van der Waals surface area contributed by atoms with Crippen molar-refractivity contribution in [3.8, 4) is 0 Å². The van der Waals surface area contributed by atoms with Gasteiger partial charge in [-0.05, 0) is 43.6 Å². The molecule has 1 N–H and O–H groups in total. The normalized spacial score (nSPS) is 18.8. The Hall–Kier alpha value is -0.710. The minimum atomic E-state index is -0.780. The molecule has 116 valence electrons.